The van der Waals surface area contributed by atoms with Crippen molar-refractivity contribution >= 4 is 8.32 Å². The molecule has 0 aliphatic heterocycles. The third-order valence-electron chi connectivity index (χ3n) is 4.72. The number of H-pyrrole nitrogens is 1. The van der Waals surface area contributed by atoms with Crippen molar-refractivity contribution < 1.29 is 4.43 Å². The van der Waals surface area contributed by atoms with Crippen LogP contribution >= 0.6 is 0 Å². The Morgan fingerprint density at radius 1 is 1.35 bits per heavy atom. The van der Waals surface area contributed by atoms with Crippen molar-refractivity contribution in [1.82, 2.24) is 15.2 Å². The molecule has 0 radical (unpaired) electrons. The van der Waals surface area contributed by atoms with Crippen molar-refractivity contribution in [3.05, 3.63) is 11.6 Å². The molecule has 0 saturated heterocycles. The molecule has 1 aliphatic rings. The zero-order valence-corrected chi connectivity index (χ0v) is 14.5. The van der Waals surface area contributed by atoms with E-state index in [0.717, 1.165) is 24.5 Å². The molecule has 1 unspecified atom stereocenters. The molecule has 3 N–H and O–H groups in total. The lowest BCUT2D eigenvalue weighted by molar-refractivity contribution is 0.193. The molecule has 1 fully saturated rings. The maximum atomic E-state index is 6.32. The van der Waals surface area contributed by atoms with E-state index >= 15 is 0 Å². The van der Waals surface area contributed by atoms with Crippen molar-refractivity contribution in [3.8, 4) is 0 Å². The zero-order chi connectivity index (χ0) is 15.1. The molecule has 0 amide bonds. The first-order chi connectivity index (χ1) is 9.10. The van der Waals surface area contributed by atoms with Crippen LogP contribution in [0.3, 0.4) is 0 Å². The molecule has 1 aromatic heterocycles. The summed E-state index contributed by atoms with van der Waals surface area (Å²) in [6.07, 6.45) is 1.95. The van der Waals surface area contributed by atoms with Crippen molar-refractivity contribution in [2.24, 2.45) is 5.73 Å². The predicted octanol–water partition coefficient (Wildman–Crippen LogP) is 3.09. The van der Waals surface area contributed by atoms with E-state index in [2.05, 4.69) is 49.0 Å². The van der Waals surface area contributed by atoms with E-state index in [1.165, 1.54) is 0 Å². The molecule has 5 nitrogen and oxygen atoms in total. The fraction of sp³-hybridized carbons (Fsp3) is 0.857. The van der Waals surface area contributed by atoms with Gasteiger partial charge in [0.1, 0.15) is 11.9 Å². The van der Waals surface area contributed by atoms with E-state index in [1.54, 1.807) is 0 Å². The van der Waals surface area contributed by atoms with Crippen molar-refractivity contribution in [2.75, 3.05) is 0 Å². The molecule has 0 bridgehead atoms. The number of hydrogen-bond donors (Lipinski definition) is 2. The van der Waals surface area contributed by atoms with Crippen LogP contribution in [-0.2, 0) is 4.43 Å². The van der Waals surface area contributed by atoms with E-state index in [1.807, 2.05) is 6.92 Å². The third-order valence-corrected chi connectivity index (χ3v) is 9.28. The standard InChI is InChI=1S/C14H28N4OSi/c1-9(19-20(5,6)14(2,3)4)12-16-13(18-17-12)10-7-11(15)8-10/h9-11H,7-8,15H2,1-6H3,(H,16,17,18). The van der Waals surface area contributed by atoms with Crippen LogP contribution in [0.5, 0.6) is 0 Å². The third kappa shape index (κ3) is 3.12. The van der Waals surface area contributed by atoms with E-state index in [-0.39, 0.29) is 11.1 Å². The monoisotopic (exact) mass is 296 g/mol. The van der Waals surface area contributed by atoms with Crippen LogP contribution in [0.4, 0.5) is 0 Å². The first-order valence-electron chi connectivity index (χ1n) is 7.46. The van der Waals surface area contributed by atoms with Crippen molar-refractivity contribution in [3.63, 3.8) is 0 Å². The quantitative estimate of drug-likeness (QED) is 0.837. The van der Waals surface area contributed by atoms with E-state index in [0.29, 0.717) is 12.0 Å². The minimum absolute atomic E-state index is 0.0605. The first kappa shape index (κ1) is 15.7. The molecule has 0 spiro atoms. The minimum atomic E-state index is -1.79. The fourth-order valence-corrected chi connectivity index (χ4v) is 3.55. The summed E-state index contributed by atoms with van der Waals surface area (Å²) in [7, 11) is -1.79. The SMILES string of the molecule is CC(O[Si](C)(C)C(C)(C)C)c1n[nH]c(C2CC(N)C2)n1. The number of aromatic amines is 1. The van der Waals surface area contributed by atoms with Crippen LogP contribution < -0.4 is 5.73 Å². The highest BCUT2D eigenvalue weighted by atomic mass is 28.4. The number of nitrogens with zero attached hydrogens (tertiary/aromatic N) is 2. The lowest BCUT2D eigenvalue weighted by atomic mass is 9.80. The van der Waals surface area contributed by atoms with Gasteiger partial charge in [-0.2, -0.15) is 5.10 Å². The Morgan fingerprint density at radius 3 is 2.45 bits per heavy atom. The Hall–Kier alpha value is -0.723. The molecule has 1 atom stereocenters. The maximum Gasteiger partial charge on any atom is 0.193 e. The highest BCUT2D eigenvalue weighted by molar-refractivity contribution is 6.74. The summed E-state index contributed by atoms with van der Waals surface area (Å²) in [5.41, 5.74) is 5.82. The van der Waals surface area contributed by atoms with Gasteiger partial charge in [-0.15, -0.1) is 0 Å². The second-order valence-electron chi connectivity index (χ2n) is 7.53. The molecule has 1 aliphatic carbocycles. The summed E-state index contributed by atoms with van der Waals surface area (Å²) in [6, 6.07) is 0.328. The topological polar surface area (TPSA) is 76.8 Å². The minimum Gasteiger partial charge on any atom is -0.407 e. The smallest absolute Gasteiger partial charge is 0.193 e. The highest BCUT2D eigenvalue weighted by Crippen LogP contribution is 2.39. The van der Waals surface area contributed by atoms with Gasteiger partial charge in [0.25, 0.3) is 0 Å². The summed E-state index contributed by atoms with van der Waals surface area (Å²) >= 11 is 0. The average molecular weight is 296 g/mol. The number of aromatic nitrogens is 3. The molecule has 0 aromatic carbocycles. The molecule has 2 rings (SSSR count). The predicted molar refractivity (Wildman–Crippen MR) is 83.0 cm³/mol. The van der Waals surface area contributed by atoms with Crippen molar-refractivity contribution in [2.45, 2.75) is 76.7 Å². The van der Waals surface area contributed by atoms with E-state index in [4.69, 9.17) is 10.2 Å². The largest absolute Gasteiger partial charge is 0.407 e. The van der Waals surface area contributed by atoms with E-state index in [9.17, 15) is 0 Å². The van der Waals surface area contributed by atoms with Gasteiger partial charge in [0.15, 0.2) is 14.1 Å². The van der Waals surface area contributed by atoms with Gasteiger partial charge in [-0.05, 0) is 37.9 Å². The normalized spacial score (nSPS) is 25.4. The van der Waals surface area contributed by atoms with Crippen molar-refractivity contribution in [1.29, 1.82) is 0 Å². The fourth-order valence-electron chi connectivity index (χ4n) is 2.21. The van der Waals surface area contributed by atoms with Gasteiger partial charge in [-0.1, -0.05) is 20.8 Å². The van der Waals surface area contributed by atoms with Gasteiger partial charge in [0.2, 0.25) is 0 Å². The molecule has 1 heterocycles. The number of nitrogens with one attached hydrogen (secondary N) is 1. The first-order valence-corrected chi connectivity index (χ1v) is 10.4. The zero-order valence-electron chi connectivity index (χ0n) is 13.5. The summed E-state index contributed by atoms with van der Waals surface area (Å²) in [6.45, 7) is 13.3. The summed E-state index contributed by atoms with van der Waals surface area (Å²) in [4.78, 5) is 4.61. The Morgan fingerprint density at radius 2 is 1.95 bits per heavy atom. The molecule has 1 aromatic rings. The number of hydrogen-bond acceptors (Lipinski definition) is 4. The summed E-state index contributed by atoms with van der Waals surface area (Å²) in [5.74, 6) is 2.18. The van der Waals surface area contributed by atoms with Crippen LogP contribution in [-0.4, -0.2) is 29.5 Å². The molecule has 6 heteroatoms. The molecular weight excluding hydrogens is 268 g/mol. The van der Waals surface area contributed by atoms with Gasteiger partial charge in [-0.3, -0.25) is 5.10 Å². The molecule has 20 heavy (non-hydrogen) atoms. The second kappa shape index (κ2) is 5.24. The molecule has 1 saturated carbocycles. The Kier molecular flexibility index (Phi) is 4.10. The van der Waals surface area contributed by atoms with E-state index < -0.39 is 8.32 Å². The van der Waals surface area contributed by atoms with Crippen LogP contribution in [0.2, 0.25) is 18.1 Å². The maximum absolute atomic E-state index is 6.32. The highest BCUT2D eigenvalue weighted by Gasteiger charge is 2.39. The summed E-state index contributed by atoms with van der Waals surface area (Å²) < 4.78 is 6.32. The number of nitrogens with two attached hydrogens (primary N) is 1. The van der Waals surface area contributed by atoms with Gasteiger partial charge in [-0.25, -0.2) is 4.98 Å². The Balaban J connectivity index is 2.01. The second-order valence-corrected chi connectivity index (χ2v) is 12.3. The number of rotatable bonds is 4. The lowest BCUT2D eigenvalue weighted by Gasteiger charge is -2.37. The van der Waals surface area contributed by atoms with Crippen LogP contribution in [0, 0.1) is 0 Å². The van der Waals surface area contributed by atoms with Crippen LogP contribution in [0.15, 0.2) is 0 Å². The van der Waals surface area contributed by atoms with Gasteiger partial charge in [0, 0.05) is 12.0 Å². The summed E-state index contributed by atoms with van der Waals surface area (Å²) in [5, 5.41) is 7.58. The molecular formula is C14H28N4OSi. The van der Waals surface area contributed by atoms with Crippen LogP contribution in [0.25, 0.3) is 0 Å². The Labute approximate surface area is 122 Å². The van der Waals surface area contributed by atoms with Crippen LogP contribution in [0.1, 0.15) is 64.2 Å². The molecule has 114 valence electrons. The van der Waals surface area contributed by atoms with Gasteiger partial charge < -0.3 is 10.2 Å². The lowest BCUT2D eigenvalue weighted by Crippen LogP contribution is -2.41. The average Bonchev–Trinajstić information content (AvgIpc) is 2.71. The van der Waals surface area contributed by atoms with Gasteiger partial charge in [0.05, 0.1) is 0 Å². The van der Waals surface area contributed by atoms with Gasteiger partial charge >= 0.3 is 0 Å². The Bertz CT molecular complexity index is 460.